The van der Waals surface area contributed by atoms with Crippen LogP contribution in [0.4, 0.5) is 0 Å². The summed E-state index contributed by atoms with van der Waals surface area (Å²) in [7, 11) is 0. The summed E-state index contributed by atoms with van der Waals surface area (Å²) >= 11 is 0. The fraction of sp³-hybridized carbons (Fsp3) is 0.919. The second kappa shape index (κ2) is 57.4. The summed E-state index contributed by atoms with van der Waals surface area (Å²) < 4.78 is 0. The Hall–Kier alpha value is -1.17. The highest BCUT2D eigenvalue weighted by molar-refractivity contribution is 5.80. The molecule has 0 heterocycles. The van der Waals surface area contributed by atoms with Gasteiger partial charge in [0.05, 0.1) is 18.8 Å². The smallest absolute Gasteiger partial charge is 0.249 e. The third-order valence-electron chi connectivity index (χ3n) is 14.5. The van der Waals surface area contributed by atoms with Gasteiger partial charge in [0.2, 0.25) is 5.91 Å². The Balaban J connectivity index is 3.52. The van der Waals surface area contributed by atoms with Crippen LogP contribution in [0.2, 0.25) is 0 Å². The van der Waals surface area contributed by atoms with Gasteiger partial charge in [-0.05, 0) is 44.9 Å². The van der Waals surface area contributed by atoms with E-state index in [1.807, 2.05) is 6.08 Å². The molecule has 0 rings (SSSR count). The van der Waals surface area contributed by atoms with E-state index in [2.05, 4.69) is 31.3 Å². The predicted molar refractivity (Wildman–Crippen MR) is 296 cm³/mol. The summed E-state index contributed by atoms with van der Waals surface area (Å²) in [5, 5.41) is 33.4. The molecular formula is C62H121NO4. The Morgan fingerprint density at radius 3 is 0.866 bits per heavy atom. The molecule has 398 valence electrons. The second-order valence-electron chi connectivity index (χ2n) is 21.3. The summed E-state index contributed by atoms with van der Waals surface area (Å²) in [6.45, 7) is 4.23. The van der Waals surface area contributed by atoms with Crippen molar-refractivity contribution >= 4 is 5.91 Å². The van der Waals surface area contributed by atoms with Gasteiger partial charge in [-0.25, -0.2) is 0 Å². The number of carbonyl (C=O) groups excluding carboxylic acids is 1. The lowest BCUT2D eigenvalue weighted by atomic mass is 10.0. The van der Waals surface area contributed by atoms with Crippen molar-refractivity contribution in [3.63, 3.8) is 0 Å². The van der Waals surface area contributed by atoms with Crippen molar-refractivity contribution in [1.29, 1.82) is 0 Å². The highest BCUT2D eigenvalue weighted by atomic mass is 16.3. The van der Waals surface area contributed by atoms with Crippen molar-refractivity contribution in [3.05, 3.63) is 24.3 Å². The molecule has 5 heteroatoms. The number of unbranched alkanes of at least 4 members (excludes halogenated alkanes) is 47. The van der Waals surface area contributed by atoms with E-state index in [0.29, 0.717) is 6.42 Å². The lowest BCUT2D eigenvalue weighted by Gasteiger charge is -2.21. The molecule has 0 spiro atoms. The third kappa shape index (κ3) is 52.5. The van der Waals surface area contributed by atoms with Gasteiger partial charge in [0.25, 0.3) is 0 Å². The van der Waals surface area contributed by atoms with E-state index < -0.39 is 24.2 Å². The lowest BCUT2D eigenvalue weighted by Crippen LogP contribution is -2.48. The molecule has 0 aromatic rings. The van der Waals surface area contributed by atoms with Crippen LogP contribution in [0.1, 0.15) is 341 Å². The molecule has 4 N–H and O–H groups in total. The minimum Gasteiger partial charge on any atom is -0.394 e. The molecule has 0 aromatic heterocycles. The first-order valence-electron chi connectivity index (χ1n) is 30.7. The first kappa shape index (κ1) is 65.8. The Bertz CT molecular complexity index is 998. The summed E-state index contributed by atoms with van der Waals surface area (Å²) in [5.74, 6) is -0.497. The number of carbonyl (C=O) groups is 1. The van der Waals surface area contributed by atoms with E-state index in [1.165, 1.54) is 289 Å². The van der Waals surface area contributed by atoms with E-state index in [0.717, 1.165) is 32.1 Å². The van der Waals surface area contributed by atoms with Crippen LogP contribution in [-0.4, -0.2) is 46.1 Å². The molecule has 67 heavy (non-hydrogen) atoms. The Morgan fingerprint density at radius 2 is 0.597 bits per heavy atom. The van der Waals surface area contributed by atoms with Gasteiger partial charge in [0.1, 0.15) is 6.10 Å². The number of nitrogens with one attached hydrogen (secondary N) is 1. The standard InChI is InChI=1S/C62H121NO4/c1-3-5-7-9-11-13-15-17-19-21-23-25-27-28-29-30-31-32-33-34-35-37-39-41-43-45-47-49-51-53-55-57-61(66)62(67)63-59(58-64)60(65)56-54-52-50-48-46-44-42-40-38-36-26-24-22-20-18-16-14-12-10-8-6-4-2/h28-29,54,56,59-61,64-66H,3-27,30-53,55,57-58H2,1-2H3,(H,63,67)/b29-28-,56-54+. The number of amides is 1. The van der Waals surface area contributed by atoms with Gasteiger partial charge >= 0.3 is 0 Å². The molecule has 5 nitrogen and oxygen atoms in total. The van der Waals surface area contributed by atoms with E-state index >= 15 is 0 Å². The molecule has 0 radical (unpaired) electrons. The zero-order valence-corrected chi connectivity index (χ0v) is 45.6. The lowest BCUT2D eigenvalue weighted by molar-refractivity contribution is -0.131. The topological polar surface area (TPSA) is 89.8 Å². The average molecular weight is 945 g/mol. The Kier molecular flexibility index (Phi) is 56.4. The fourth-order valence-electron chi connectivity index (χ4n) is 9.77. The second-order valence-corrected chi connectivity index (χ2v) is 21.3. The zero-order chi connectivity index (χ0) is 48.6. The first-order chi connectivity index (χ1) is 33.1. The van der Waals surface area contributed by atoms with Crippen molar-refractivity contribution < 1.29 is 20.1 Å². The van der Waals surface area contributed by atoms with Gasteiger partial charge in [-0.15, -0.1) is 0 Å². The molecule has 0 bridgehead atoms. The number of aliphatic hydroxyl groups is 3. The Morgan fingerprint density at radius 1 is 0.358 bits per heavy atom. The van der Waals surface area contributed by atoms with Gasteiger partial charge in [0, 0.05) is 0 Å². The minimum absolute atomic E-state index is 0.360. The number of hydrogen-bond donors (Lipinski definition) is 4. The largest absolute Gasteiger partial charge is 0.394 e. The maximum atomic E-state index is 12.6. The van der Waals surface area contributed by atoms with Gasteiger partial charge in [0.15, 0.2) is 0 Å². The molecule has 3 unspecified atom stereocenters. The van der Waals surface area contributed by atoms with E-state index in [4.69, 9.17) is 0 Å². The molecular weight excluding hydrogens is 823 g/mol. The van der Waals surface area contributed by atoms with Crippen molar-refractivity contribution in [1.82, 2.24) is 5.32 Å². The molecule has 0 aliphatic heterocycles. The normalized spacial score (nSPS) is 13.3. The fourth-order valence-corrected chi connectivity index (χ4v) is 9.77. The molecule has 0 fully saturated rings. The maximum Gasteiger partial charge on any atom is 0.249 e. The van der Waals surface area contributed by atoms with Gasteiger partial charge in [-0.1, -0.05) is 321 Å². The maximum absolute atomic E-state index is 12.6. The van der Waals surface area contributed by atoms with E-state index in [-0.39, 0.29) is 6.61 Å². The number of allylic oxidation sites excluding steroid dienone is 3. The highest BCUT2D eigenvalue weighted by Gasteiger charge is 2.22. The van der Waals surface area contributed by atoms with Crippen LogP contribution in [-0.2, 0) is 4.79 Å². The van der Waals surface area contributed by atoms with Crippen LogP contribution in [0.5, 0.6) is 0 Å². The van der Waals surface area contributed by atoms with Crippen molar-refractivity contribution in [2.24, 2.45) is 0 Å². The molecule has 0 aliphatic rings. The average Bonchev–Trinajstić information content (AvgIpc) is 3.33. The number of hydrogen-bond acceptors (Lipinski definition) is 4. The van der Waals surface area contributed by atoms with Crippen LogP contribution in [0.15, 0.2) is 24.3 Å². The van der Waals surface area contributed by atoms with Crippen LogP contribution in [0.3, 0.4) is 0 Å². The summed E-state index contributed by atoms with van der Waals surface area (Å²) in [5.41, 5.74) is 0. The molecule has 3 atom stereocenters. The molecule has 0 aliphatic carbocycles. The van der Waals surface area contributed by atoms with Gasteiger partial charge in [-0.3, -0.25) is 4.79 Å². The summed E-state index contributed by atoms with van der Waals surface area (Å²) in [6, 6.07) is -0.797. The quantitative estimate of drug-likeness (QED) is 0.0361. The summed E-state index contributed by atoms with van der Waals surface area (Å²) in [4.78, 5) is 12.6. The summed E-state index contributed by atoms with van der Waals surface area (Å²) in [6.07, 6.45) is 74.2. The van der Waals surface area contributed by atoms with Crippen molar-refractivity contribution in [3.8, 4) is 0 Å². The molecule has 0 aromatic carbocycles. The SMILES string of the molecule is CCCCCCCCCCCCCC/C=C\CCCCCCCCCCCCCCCCCC(O)C(=O)NC(CO)C(O)/C=C/CCCCCCCCCCCCCCCCCCCCCC. The minimum atomic E-state index is -1.10. The van der Waals surface area contributed by atoms with E-state index in [1.54, 1.807) is 6.08 Å². The van der Waals surface area contributed by atoms with Crippen LogP contribution < -0.4 is 5.32 Å². The monoisotopic (exact) mass is 944 g/mol. The van der Waals surface area contributed by atoms with E-state index in [9.17, 15) is 20.1 Å². The van der Waals surface area contributed by atoms with Crippen LogP contribution in [0, 0.1) is 0 Å². The predicted octanol–water partition coefficient (Wildman–Crippen LogP) is 19.2. The zero-order valence-electron chi connectivity index (χ0n) is 45.6. The van der Waals surface area contributed by atoms with Crippen molar-refractivity contribution in [2.75, 3.05) is 6.61 Å². The number of aliphatic hydroxyl groups excluding tert-OH is 3. The number of rotatable bonds is 57. The third-order valence-corrected chi connectivity index (χ3v) is 14.5. The molecule has 1 amide bonds. The Labute approximate surface area is 420 Å². The molecule has 0 saturated heterocycles. The van der Waals surface area contributed by atoms with Gasteiger partial charge < -0.3 is 20.6 Å². The first-order valence-corrected chi connectivity index (χ1v) is 30.7. The highest BCUT2D eigenvalue weighted by Crippen LogP contribution is 2.18. The van der Waals surface area contributed by atoms with Gasteiger partial charge in [-0.2, -0.15) is 0 Å². The van der Waals surface area contributed by atoms with Crippen molar-refractivity contribution in [2.45, 2.75) is 360 Å². The van der Waals surface area contributed by atoms with Crippen LogP contribution >= 0.6 is 0 Å². The van der Waals surface area contributed by atoms with Crippen LogP contribution in [0.25, 0.3) is 0 Å². The molecule has 0 saturated carbocycles.